The fraction of sp³-hybridized carbons (Fsp3) is 0.909. The lowest BCUT2D eigenvalue weighted by Gasteiger charge is -2.31. The van der Waals surface area contributed by atoms with E-state index in [2.05, 4.69) is 17.5 Å². The maximum Gasteiger partial charge on any atom is 0.223 e. The lowest BCUT2D eigenvalue weighted by atomic mass is 9.85. The first kappa shape index (κ1) is 10.3. The Kier molecular flexibility index (Phi) is 3.37. The van der Waals surface area contributed by atoms with E-state index in [9.17, 15) is 4.79 Å². The van der Waals surface area contributed by atoms with Gasteiger partial charge in [0.25, 0.3) is 0 Å². The molecule has 2 fully saturated rings. The van der Waals surface area contributed by atoms with Crippen LogP contribution in [0.2, 0.25) is 0 Å². The van der Waals surface area contributed by atoms with Crippen molar-refractivity contribution in [3.05, 3.63) is 0 Å². The highest BCUT2D eigenvalue weighted by atomic mass is 32.1. The van der Waals surface area contributed by atoms with Crippen molar-refractivity contribution >= 4 is 18.5 Å². The number of nitrogens with zero attached hydrogens (tertiary/aromatic N) is 1. The first-order valence-electron chi connectivity index (χ1n) is 5.73. The number of carbonyl (C=O) groups is 1. The Balaban J connectivity index is 1.96. The van der Waals surface area contributed by atoms with Crippen LogP contribution in [0.5, 0.6) is 0 Å². The van der Waals surface area contributed by atoms with Crippen LogP contribution in [-0.2, 0) is 4.79 Å². The monoisotopic (exact) mass is 213 g/mol. The van der Waals surface area contributed by atoms with Crippen LogP contribution >= 0.6 is 12.6 Å². The summed E-state index contributed by atoms with van der Waals surface area (Å²) >= 11 is 4.12. The Labute approximate surface area is 91.5 Å². The van der Waals surface area contributed by atoms with Crippen LogP contribution in [0.25, 0.3) is 0 Å². The molecule has 14 heavy (non-hydrogen) atoms. The standard InChI is InChI=1S/C11H19NOS/c13-11(6-8-14)12-7-5-9-3-1-2-4-10(9)12/h9-10,14H,1-8H2. The Hall–Kier alpha value is -0.180. The predicted molar refractivity (Wildman–Crippen MR) is 60.5 cm³/mol. The molecule has 1 saturated heterocycles. The van der Waals surface area contributed by atoms with Crippen LogP contribution in [-0.4, -0.2) is 29.1 Å². The third-order valence-corrected chi connectivity index (χ3v) is 3.88. The number of thiol groups is 1. The topological polar surface area (TPSA) is 20.3 Å². The summed E-state index contributed by atoms with van der Waals surface area (Å²) in [6.07, 6.45) is 7.12. The van der Waals surface area contributed by atoms with E-state index in [1.165, 1.54) is 32.1 Å². The number of amides is 1. The first-order valence-corrected chi connectivity index (χ1v) is 6.36. The van der Waals surface area contributed by atoms with Crippen molar-refractivity contribution in [3.63, 3.8) is 0 Å². The van der Waals surface area contributed by atoms with E-state index >= 15 is 0 Å². The Morgan fingerprint density at radius 1 is 1.29 bits per heavy atom. The SMILES string of the molecule is O=C(CCS)N1CCC2CCCCC21. The summed E-state index contributed by atoms with van der Waals surface area (Å²) in [6.45, 7) is 1.00. The zero-order chi connectivity index (χ0) is 9.97. The molecule has 0 aromatic carbocycles. The second kappa shape index (κ2) is 4.56. The smallest absolute Gasteiger partial charge is 0.223 e. The molecule has 1 aliphatic heterocycles. The zero-order valence-electron chi connectivity index (χ0n) is 8.61. The van der Waals surface area contributed by atoms with E-state index in [0.717, 1.165) is 12.5 Å². The molecule has 0 aromatic rings. The van der Waals surface area contributed by atoms with Gasteiger partial charge in [0.05, 0.1) is 0 Å². The molecule has 0 N–H and O–H groups in total. The van der Waals surface area contributed by atoms with E-state index in [1.54, 1.807) is 0 Å². The van der Waals surface area contributed by atoms with Crippen molar-refractivity contribution in [2.45, 2.75) is 44.6 Å². The fourth-order valence-electron chi connectivity index (χ4n) is 2.95. The molecule has 0 bridgehead atoms. The van der Waals surface area contributed by atoms with Gasteiger partial charge in [-0.2, -0.15) is 12.6 Å². The normalized spacial score (nSPS) is 31.6. The zero-order valence-corrected chi connectivity index (χ0v) is 9.51. The van der Waals surface area contributed by atoms with Crippen molar-refractivity contribution in [1.29, 1.82) is 0 Å². The molecule has 0 spiro atoms. The maximum atomic E-state index is 11.8. The largest absolute Gasteiger partial charge is 0.339 e. The van der Waals surface area contributed by atoms with Crippen LogP contribution in [0.4, 0.5) is 0 Å². The molecule has 2 nitrogen and oxygen atoms in total. The summed E-state index contributed by atoms with van der Waals surface area (Å²) in [5.74, 6) is 1.83. The highest BCUT2D eigenvalue weighted by Crippen LogP contribution is 2.36. The lowest BCUT2D eigenvalue weighted by molar-refractivity contribution is -0.132. The Morgan fingerprint density at radius 2 is 2.07 bits per heavy atom. The molecule has 2 unspecified atom stereocenters. The molecule has 3 heteroatoms. The highest BCUT2D eigenvalue weighted by Gasteiger charge is 2.37. The van der Waals surface area contributed by atoms with Gasteiger partial charge >= 0.3 is 0 Å². The summed E-state index contributed by atoms with van der Waals surface area (Å²) in [5.41, 5.74) is 0. The van der Waals surface area contributed by atoms with Crippen LogP contribution in [0.1, 0.15) is 38.5 Å². The van der Waals surface area contributed by atoms with E-state index in [4.69, 9.17) is 0 Å². The van der Waals surface area contributed by atoms with Gasteiger partial charge in [0.15, 0.2) is 0 Å². The van der Waals surface area contributed by atoms with Gasteiger partial charge in [0, 0.05) is 19.0 Å². The maximum absolute atomic E-state index is 11.8. The molecular weight excluding hydrogens is 194 g/mol. The third-order valence-electron chi connectivity index (χ3n) is 3.66. The summed E-state index contributed by atoms with van der Waals surface area (Å²) < 4.78 is 0. The Bertz CT molecular complexity index is 219. The van der Waals surface area contributed by atoms with Crippen molar-refractivity contribution in [1.82, 2.24) is 4.90 Å². The van der Waals surface area contributed by atoms with Gasteiger partial charge in [-0.1, -0.05) is 12.8 Å². The second-order valence-corrected chi connectivity index (χ2v) is 4.91. The van der Waals surface area contributed by atoms with Gasteiger partial charge in [-0.05, 0) is 30.9 Å². The molecule has 1 amide bonds. The summed E-state index contributed by atoms with van der Waals surface area (Å²) in [7, 11) is 0. The minimum Gasteiger partial charge on any atom is -0.339 e. The van der Waals surface area contributed by atoms with Crippen molar-refractivity contribution in [2.75, 3.05) is 12.3 Å². The quantitative estimate of drug-likeness (QED) is 0.697. The minimum atomic E-state index is 0.328. The van der Waals surface area contributed by atoms with Crippen LogP contribution < -0.4 is 0 Å². The van der Waals surface area contributed by atoms with Gasteiger partial charge in [-0.3, -0.25) is 4.79 Å². The molecule has 2 aliphatic rings. The molecule has 1 aliphatic carbocycles. The number of hydrogen-bond donors (Lipinski definition) is 1. The van der Waals surface area contributed by atoms with E-state index < -0.39 is 0 Å². The van der Waals surface area contributed by atoms with Gasteiger partial charge in [0.1, 0.15) is 0 Å². The fourth-order valence-corrected chi connectivity index (χ4v) is 3.15. The van der Waals surface area contributed by atoms with Crippen molar-refractivity contribution < 1.29 is 4.79 Å². The van der Waals surface area contributed by atoms with E-state index in [-0.39, 0.29) is 0 Å². The van der Waals surface area contributed by atoms with E-state index in [1.807, 2.05) is 0 Å². The highest BCUT2D eigenvalue weighted by molar-refractivity contribution is 7.80. The average molecular weight is 213 g/mol. The van der Waals surface area contributed by atoms with Crippen molar-refractivity contribution in [2.24, 2.45) is 5.92 Å². The first-order chi connectivity index (χ1) is 6.83. The molecule has 0 radical (unpaired) electrons. The number of carbonyl (C=O) groups excluding carboxylic acids is 1. The van der Waals surface area contributed by atoms with Gasteiger partial charge in [-0.25, -0.2) is 0 Å². The third kappa shape index (κ3) is 1.92. The number of likely N-dealkylation sites (tertiary alicyclic amines) is 1. The molecule has 80 valence electrons. The molecule has 0 aromatic heterocycles. The number of fused-ring (bicyclic) bond motifs is 1. The van der Waals surface area contributed by atoms with Crippen molar-refractivity contribution in [3.8, 4) is 0 Å². The van der Waals surface area contributed by atoms with Crippen LogP contribution in [0.3, 0.4) is 0 Å². The lowest BCUT2D eigenvalue weighted by Crippen LogP contribution is -2.39. The predicted octanol–water partition coefficient (Wildman–Crippen LogP) is 2.10. The number of rotatable bonds is 2. The van der Waals surface area contributed by atoms with E-state index in [0.29, 0.717) is 24.1 Å². The molecular formula is C11H19NOS. The molecule has 2 atom stereocenters. The molecule has 2 rings (SSSR count). The number of hydrogen-bond acceptors (Lipinski definition) is 2. The van der Waals surface area contributed by atoms with Crippen LogP contribution in [0, 0.1) is 5.92 Å². The van der Waals surface area contributed by atoms with Crippen LogP contribution in [0.15, 0.2) is 0 Å². The van der Waals surface area contributed by atoms with Gasteiger partial charge < -0.3 is 4.90 Å². The van der Waals surface area contributed by atoms with Gasteiger partial charge in [0.2, 0.25) is 5.91 Å². The molecule has 1 heterocycles. The summed E-state index contributed by atoms with van der Waals surface area (Å²) in [4.78, 5) is 13.9. The van der Waals surface area contributed by atoms with Gasteiger partial charge in [-0.15, -0.1) is 0 Å². The molecule has 1 saturated carbocycles. The summed E-state index contributed by atoms with van der Waals surface area (Å²) in [6, 6.07) is 0.580. The second-order valence-electron chi connectivity index (χ2n) is 4.46. The Morgan fingerprint density at radius 3 is 2.86 bits per heavy atom. The average Bonchev–Trinajstić information content (AvgIpc) is 2.61. The minimum absolute atomic E-state index is 0.328. The summed E-state index contributed by atoms with van der Waals surface area (Å²) in [5, 5.41) is 0.